The molecule has 0 aliphatic heterocycles. The zero-order valence-corrected chi connectivity index (χ0v) is 14.1. The Hall–Kier alpha value is -1.82. The lowest BCUT2D eigenvalue weighted by Gasteiger charge is -2.12. The van der Waals surface area contributed by atoms with E-state index in [4.69, 9.17) is 4.52 Å². The van der Waals surface area contributed by atoms with E-state index < -0.39 is 0 Å². The molecular weight excluding hydrogens is 298 g/mol. The zero-order chi connectivity index (χ0) is 15.9. The number of hydrogen-bond donors (Lipinski definition) is 2. The highest BCUT2D eigenvalue weighted by molar-refractivity contribution is 7.07. The summed E-state index contributed by atoms with van der Waals surface area (Å²) in [5, 5.41) is 13.9. The van der Waals surface area contributed by atoms with Crippen molar-refractivity contribution in [2.75, 3.05) is 13.1 Å². The highest BCUT2D eigenvalue weighted by Crippen LogP contribution is 2.17. The van der Waals surface area contributed by atoms with Gasteiger partial charge >= 0.3 is 6.03 Å². The van der Waals surface area contributed by atoms with E-state index in [1.54, 1.807) is 11.3 Å². The monoisotopic (exact) mass is 321 g/mol. The molecule has 2 amide bonds. The summed E-state index contributed by atoms with van der Waals surface area (Å²) in [6.07, 6.45) is 1.74. The average Bonchev–Trinajstić information content (AvgIpc) is 3.13. The Labute approximate surface area is 135 Å². The highest BCUT2D eigenvalue weighted by Gasteiger charge is 2.09. The molecule has 0 saturated carbocycles. The molecule has 120 valence electrons. The Morgan fingerprint density at radius 1 is 1.41 bits per heavy atom. The van der Waals surface area contributed by atoms with Gasteiger partial charge in [-0.2, -0.15) is 11.3 Å². The number of carbonyl (C=O) groups excluding carboxylic acids is 1. The fourth-order valence-corrected chi connectivity index (χ4v) is 3.09. The topological polar surface area (TPSA) is 67.2 Å². The molecule has 0 saturated heterocycles. The molecule has 6 heteroatoms. The number of thiophene rings is 1. The Bertz CT molecular complexity index is 573. The van der Waals surface area contributed by atoms with Crippen molar-refractivity contribution in [3.05, 3.63) is 39.4 Å². The Kier molecular flexibility index (Phi) is 6.00. The number of carbonyl (C=O) groups is 1. The number of aromatic nitrogens is 1. The minimum Gasteiger partial charge on any atom is -0.361 e. The lowest BCUT2D eigenvalue weighted by atomic mass is 10.1. The van der Waals surface area contributed by atoms with E-state index in [0.29, 0.717) is 19.0 Å². The van der Waals surface area contributed by atoms with Gasteiger partial charge in [0.2, 0.25) is 0 Å². The van der Waals surface area contributed by atoms with E-state index in [2.05, 4.69) is 39.5 Å². The number of amides is 2. The lowest BCUT2D eigenvalue weighted by molar-refractivity contribution is 0.240. The summed E-state index contributed by atoms with van der Waals surface area (Å²) < 4.78 is 5.12. The molecule has 0 bridgehead atoms. The van der Waals surface area contributed by atoms with E-state index in [9.17, 15) is 4.79 Å². The van der Waals surface area contributed by atoms with Crippen molar-refractivity contribution in [3.8, 4) is 0 Å². The summed E-state index contributed by atoms with van der Waals surface area (Å²) in [5.74, 6) is 1.20. The van der Waals surface area contributed by atoms with E-state index in [1.807, 2.05) is 13.8 Å². The molecule has 2 N–H and O–H groups in total. The van der Waals surface area contributed by atoms with Crippen LogP contribution in [-0.2, 0) is 6.42 Å². The maximum atomic E-state index is 11.8. The van der Waals surface area contributed by atoms with Gasteiger partial charge in [0.25, 0.3) is 0 Å². The first-order valence-electron chi connectivity index (χ1n) is 7.53. The quantitative estimate of drug-likeness (QED) is 0.768. The fourth-order valence-electron chi connectivity index (χ4n) is 2.31. The number of nitrogens with zero attached hydrogens (tertiary/aromatic N) is 1. The van der Waals surface area contributed by atoms with E-state index in [-0.39, 0.29) is 6.03 Å². The van der Waals surface area contributed by atoms with Crippen LogP contribution in [0, 0.1) is 13.8 Å². The molecule has 2 rings (SSSR count). The summed E-state index contributed by atoms with van der Waals surface area (Å²) in [6.45, 7) is 7.26. The normalized spacial score (nSPS) is 12.1. The van der Waals surface area contributed by atoms with Crippen LogP contribution in [0.2, 0.25) is 0 Å². The molecule has 2 heterocycles. The SMILES string of the molecule is Cc1noc(C)c1CCCNC(=O)NC[C@H](C)c1ccsc1. The van der Waals surface area contributed by atoms with Gasteiger partial charge in [-0.25, -0.2) is 4.79 Å². The van der Waals surface area contributed by atoms with Crippen molar-refractivity contribution in [2.45, 2.75) is 39.5 Å². The first kappa shape index (κ1) is 16.5. The van der Waals surface area contributed by atoms with Crippen LogP contribution in [0.1, 0.15) is 41.8 Å². The Morgan fingerprint density at radius 2 is 2.23 bits per heavy atom. The van der Waals surface area contributed by atoms with Crippen LogP contribution in [0.25, 0.3) is 0 Å². The van der Waals surface area contributed by atoms with Crippen LogP contribution in [0.5, 0.6) is 0 Å². The summed E-state index contributed by atoms with van der Waals surface area (Å²) in [5.41, 5.74) is 3.35. The molecule has 2 aromatic heterocycles. The largest absolute Gasteiger partial charge is 0.361 e. The van der Waals surface area contributed by atoms with Gasteiger partial charge in [0, 0.05) is 18.7 Å². The number of nitrogens with one attached hydrogen (secondary N) is 2. The van der Waals surface area contributed by atoms with Crippen LogP contribution in [0.15, 0.2) is 21.3 Å². The molecule has 2 aromatic rings. The van der Waals surface area contributed by atoms with Crippen molar-refractivity contribution in [3.63, 3.8) is 0 Å². The average molecular weight is 321 g/mol. The number of urea groups is 1. The Morgan fingerprint density at radius 3 is 2.86 bits per heavy atom. The van der Waals surface area contributed by atoms with Gasteiger partial charge in [-0.1, -0.05) is 12.1 Å². The third-order valence-electron chi connectivity index (χ3n) is 3.75. The van der Waals surface area contributed by atoms with Crippen molar-refractivity contribution in [2.24, 2.45) is 0 Å². The van der Waals surface area contributed by atoms with Crippen molar-refractivity contribution in [1.29, 1.82) is 0 Å². The standard InChI is InChI=1S/C16H23N3O2S/c1-11(14-6-8-22-10-14)9-18-16(20)17-7-4-5-15-12(2)19-21-13(15)3/h6,8,10-11H,4-5,7,9H2,1-3H3,(H2,17,18,20)/t11-/m0/s1. The Balaban J connectivity index is 1.62. The molecule has 0 spiro atoms. The first-order valence-corrected chi connectivity index (χ1v) is 8.47. The second kappa shape index (κ2) is 7.98. The molecular formula is C16H23N3O2S. The molecule has 22 heavy (non-hydrogen) atoms. The van der Waals surface area contributed by atoms with Crippen molar-refractivity contribution in [1.82, 2.24) is 15.8 Å². The van der Waals surface area contributed by atoms with Gasteiger partial charge in [0.05, 0.1) is 5.69 Å². The molecule has 0 aromatic carbocycles. The third kappa shape index (κ3) is 4.59. The van der Waals surface area contributed by atoms with Gasteiger partial charge in [-0.15, -0.1) is 0 Å². The smallest absolute Gasteiger partial charge is 0.314 e. The fraction of sp³-hybridized carbons (Fsp3) is 0.500. The highest BCUT2D eigenvalue weighted by atomic mass is 32.1. The zero-order valence-electron chi connectivity index (χ0n) is 13.3. The van der Waals surface area contributed by atoms with Gasteiger partial charge < -0.3 is 15.2 Å². The van der Waals surface area contributed by atoms with Crippen LogP contribution < -0.4 is 10.6 Å². The molecule has 0 fully saturated rings. The third-order valence-corrected chi connectivity index (χ3v) is 4.45. The van der Waals surface area contributed by atoms with Crippen LogP contribution in [0.4, 0.5) is 4.79 Å². The van der Waals surface area contributed by atoms with Crippen LogP contribution in [0.3, 0.4) is 0 Å². The predicted molar refractivity (Wildman–Crippen MR) is 88.4 cm³/mol. The van der Waals surface area contributed by atoms with Crippen molar-refractivity contribution < 1.29 is 9.32 Å². The van der Waals surface area contributed by atoms with E-state index in [1.165, 1.54) is 5.56 Å². The minimum absolute atomic E-state index is 0.110. The summed E-state index contributed by atoms with van der Waals surface area (Å²) in [4.78, 5) is 11.8. The maximum Gasteiger partial charge on any atom is 0.314 e. The summed E-state index contributed by atoms with van der Waals surface area (Å²) in [6, 6.07) is 1.99. The van der Waals surface area contributed by atoms with E-state index in [0.717, 1.165) is 29.9 Å². The number of aryl methyl sites for hydroxylation is 2. The summed E-state index contributed by atoms with van der Waals surface area (Å²) in [7, 11) is 0. The molecule has 1 atom stereocenters. The van der Waals surface area contributed by atoms with Crippen LogP contribution in [-0.4, -0.2) is 24.3 Å². The molecule has 5 nitrogen and oxygen atoms in total. The van der Waals surface area contributed by atoms with E-state index >= 15 is 0 Å². The van der Waals surface area contributed by atoms with Gasteiger partial charge in [-0.05, 0) is 55.0 Å². The lowest BCUT2D eigenvalue weighted by Crippen LogP contribution is -2.37. The number of rotatable bonds is 7. The van der Waals surface area contributed by atoms with Gasteiger partial charge in [0.15, 0.2) is 0 Å². The molecule has 0 aliphatic rings. The number of hydrogen-bond acceptors (Lipinski definition) is 4. The molecule has 0 aliphatic carbocycles. The maximum absolute atomic E-state index is 11.8. The minimum atomic E-state index is -0.110. The predicted octanol–water partition coefficient (Wildman–Crippen LogP) is 3.39. The first-order chi connectivity index (χ1) is 10.6. The summed E-state index contributed by atoms with van der Waals surface area (Å²) >= 11 is 1.68. The van der Waals surface area contributed by atoms with Gasteiger partial charge in [-0.3, -0.25) is 0 Å². The molecule has 0 unspecified atom stereocenters. The van der Waals surface area contributed by atoms with Crippen molar-refractivity contribution >= 4 is 17.4 Å². The van der Waals surface area contributed by atoms with Crippen LogP contribution >= 0.6 is 11.3 Å². The second-order valence-electron chi connectivity index (χ2n) is 5.50. The van der Waals surface area contributed by atoms with Gasteiger partial charge in [0.1, 0.15) is 5.76 Å². The molecule has 0 radical (unpaired) electrons. The second-order valence-corrected chi connectivity index (χ2v) is 6.28.